The van der Waals surface area contributed by atoms with Crippen LogP contribution in [0.2, 0.25) is 0 Å². The number of fused-ring (bicyclic) bond motifs is 1. The zero-order chi connectivity index (χ0) is 8.39. The first-order valence-corrected chi connectivity index (χ1v) is 3.99. The lowest BCUT2D eigenvalue weighted by Crippen LogP contribution is -1.70. The Morgan fingerprint density at radius 3 is 2.67 bits per heavy atom. The van der Waals surface area contributed by atoms with Gasteiger partial charge in [0, 0.05) is 17.8 Å². The van der Waals surface area contributed by atoms with Crippen molar-refractivity contribution in [2.75, 3.05) is 0 Å². The molecule has 2 rings (SSSR count). The summed E-state index contributed by atoms with van der Waals surface area (Å²) in [5.41, 5.74) is 0.889. The Kier molecular flexibility index (Phi) is 1.80. The number of hydrogen-bond donors (Lipinski definition) is 0. The Morgan fingerprint density at radius 1 is 1.00 bits per heavy atom. The van der Waals surface area contributed by atoms with Crippen molar-refractivity contribution in [3.8, 4) is 0 Å². The van der Waals surface area contributed by atoms with E-state index in [2.05, 4.69) is 9.97 Å². The number of hydrogen-bond acceptors (Lipinski definition) is 3. The Hall–Kier alpha value is -1.35. The minimum absolute atomic E-state index is 0.600. The third-order valence-electron chi connectivity index (χ3n) is 1.61. The van der Waals surface area contributed by atoms with Gasteiger partial charge in [-0.25, -0.2) is 4.98 Å². The van der Waals surface area contributed by atoms with Crippen molar-refractivity contribution in [2.45, 2.75) is 0 Å². The molecule has 0 saturated heterocycles. The quantitative estimate of drug-likeness (QED) is 0.573. The molecule has 0 saturated carbocycles. The molecular weight excluding hydrogens is 168 g/mol. The van der Waals surface area contributed by atoms with Crippen molar-refractivity contribution in [3.05, 3.63) is 41.3 Å². The van der Waals surface area contributed by atoms with E-state index in [4.69, 9.17) is 12.2 Å². The predicted molar refractivity (Wildman–Crippen MR) is 50.4 cm³/mol. The maximum atomic E-state index is 5.07. The molecule has 0 aliphatic heterocycles. The predicted octanol–water partition coefficient (Wildman–Crippen LogP) is 2.36. The van der Waals surface area contributed by atoms with Gasteiger partial charge in [-0.3, -0.25) is 4.98 Å². The van der Waals surface area contributed by atoms with E-state index in [9.17, 15) is 0 Å². The molecule has 0 aliphatic rings. The second kappa shape index (κ2) is 2.95. The molecule has 1 heterocycles. The molecule has 0 fully saturated rings. The number of nitrogens with zero attached hydrogens (tertiary/aromatic N) is 2. The SMILES string of the molecule is S=c1nccnc2ccccc12. The fourth-order valence-electron chi connectivity index (χ4n) is 1.05. The van der Waals surface area contributed by atoms with Crippen molar-refractivity contribution >= 4 is 23.1 Å². The van der Waals surface area contributed by atoms with E-state index in [0.717, 1.165) is 10.9 Å². The molecule has 0 N–H and O–H groups in total. The van der Waals surface area contributed by atoms with E-state index in [-0.39, 0.29) is 0 Å². The van der Waals surface area contributed by atoms with Crippen molar-refractivity contribution in [1.82, 2.24) is 9.97 Å². The minimum Gasteiger partial charge on any atom is -0.255 e. The van der Waals surface area contributed by atoms with Gasteiger partial charge in [-0.1, -0.05) is 24.4 Å². The summed E-state index contributed by atoms with van der Waals surface area (Å²) in [7, 11) is 0. The molecule has 0 atom stereocenters. The summed E-state index contributed by atoms with van der Waals surface area (Å²) in [5.74, 6) is 0. The first-order valence-electron chi connectivity index (χ1n) is 3.58. The van der Waals surface area contributed by atoms with Crippen LogP contribution >= 0.6 is 12.2 Å². The molecule has 0 amide bonds. The summed E-state index contributed by atoms with van der Waals surface area (Å²) in [4.78, 5) is 8.20. The molecule has 0 bridgehead atoms. The third-order valence-corrected chi connectivity index (χ3v) is 1.93. The number of para-hydroxylation sites is 1. The summed E-state index contributed by atoms with van der Waals surface area (Å²) in [5, 5.41) is 0.928. The van der Waals surface area contributed by atoms with Crippen LogP contribution in [0.25, 0.3) is 10.9 Å². The third kappa shape index (κ3) is 1.19. The number of rotatable bonds is 0. The van der Waals surface area contributed by atoms with Gasteiger partial charge in [0.05, 0.1) is 5.52 Å². The summed E-state index contributed by atoms with van der Waals surface area (Å²) in [6, 6.07) is 7.72. The van der Waals surface area contributed by atoms with E-state index < -0.39 is 0 Å². The Morgan fingerprint density at radius 2 is 1.75 bits per heavy atom. The molecule has 0 radical (unpaired) electrons. The van der Waals surface area contributed by atoms with Crippen molar-refractivity contribution in [3.63, 3.8) is 0 Å². The van der Waals surface area contributed by atoms with Crippen LogP contribution in [0.3, 0.4) is 0 Å². The second-order valence-electron chi connectivity index (χ2n) is 2.38. The van der Waals surface area contributed by atoms with E-state index in [1.807, 2.05) is 24.3 Å². The van der Waals surface area contributed by atoms with Crippen molar-refractivity contribution in [1.29, 1.82) is 0 Å². The first kappa shape index (κ1) is 7.31. The molecule has 12 heavy (non-hydrogen) atoms. The largest absolute Gasteiger partial charge is 0.255 e. The highest BCUT2D eigenvalue weighted by atomic mass is 32.1. The van der Waals surface area contributed by atoms with Gasteiger partial charge in [-0.2, -0.15) is 0 Å². The van der Waals surface area contributed by atoms with Crippen LogP contribution in [0.4, 0.5) is 0 Å². The summed E-state index contributed by atoms with van der Waals surface area (Å²) in [6.45, 7) is 0. The Balaban J connectivity index is 3.06. The Labute approximate surface area is 74.9 Å². The molecule has 1 aromatic carbocycles. The van der Waals surface area contributed by atoms with Gasteiger partial charge in [0.25, 0.3) is 0 Å². The van der Waals surface area contributed by atoms with Crippen LogP contribution in [0.1, 0.15) is 0 Å². The second-order valence-corrected chi connectivity index (χ2v) is 2.77. The normalized spacial score (nSPS) is 10.0. The zero-order valence-corrected chi connectivity index (χ0v) is 7.08. The molecule has 2 nitrogen and oxygen atoms in total. The minimum atomic E-state index is 0.600. The molecule has 0 spiro atoms. The number of benzene rings is 1. The fraction of sp³-hybridized carbons (Fsp3) is 0. The lowest BCUT2D eigenvalue weighted by atomic mass is 10.2. The number of aromatic nitrogens is 2. The molecule has 0 aliphatic carbocycles. The highest BCUT2D eigenvalue weighted by molar-refractivity contribution is 7.71. The maximum absolute atomic E-state index is 5.07. The molecule has 2 aromatic rings. The highest BCUT2D eigenvalue weighted by Crippen LogP contribution is 2.08. The van der Waals surface area contributed by atoms with Crippen LogP contribution in [0.15, 0.2) is 36.7 Å². The fourth-order valence-corrected chi connectivity index (χ4v) is 1.28. The van der Waals surface area contributed by atoms with E-state index >= 15 is 0 Å². The van der Waals surface area contributed by atoms with Crippen molar-refractivity contribution in [2.24, 2.45) is 0 Å². The zero-order valence-electron chi connectivity index (χ0n) is 6.27. The van der Waals surface area contributed by atoms with Gasteiger partial charge in [0.2, 0.25) is 0 Å². The van der Waals surface area contributed by atoms with Gasteiger partial charge in [0.15, 0.2) is 0 Å². The van der Waals surface area contributed by atoms with Crippen LogP contribution in [0.5, 0.6) is 0 Å². The van der Waals surface area contributed by atoms with Crippen LogP contribution in [0, 0.1) is 4.64 Å². The van der Waals surface area contributed by atoms with Crippen molar-refractivity contribution < 1.29 is 0 Å². The van der Waals surface area contributed by atoms with E-state index in [0.29, 0.717) is 4.64 Å². The van der Waals surface area contributed by atoms with E-state index in [1.54, 1.807) is 12.4 Å². The lowest BCUT2D eigenvalue weighted by molar-refractivity contribution is 1.32. The average molecular weight is 174 g/mol. The van der Waals surface area contributed by atoms with Gasteiger partial charge in [0.1, 0.15) is 4.64 Å². The summed E-state index contributed by atoms with van der Waals surface area (Å²) >= 11 is 5.07. The standard InChI is InChI=1S/C9H6N2S/c12-9-7-3-1-2-4-8(7)10-5-6-11-9/h1-6H. The monoisotopic (exact) mass is 174 g/mol. The molecule has 58 valence electrons. The molecule has 0 unspecified atom stereocenters. The van der Waals surface area contributed by atoms with Crippen LogP contribution < -0.4 is 0 Å². The summed E-state index contributed by atoms with van der Waals surface area (Å²) in [6.07, 6.45) is 3.26. The van der Waals surface area contributed by atoms with Gasteiger partial charge in [-0.05, 0) is 12.1 Å². The van der Waals surface area contributed by atoms with Gasteiger partial charge in [-0.15, -0.1) is 0 Å². The highest BCUT2D eigenvalue weighted by Gasteiger charge is 1.91. The van der Waals surface area contributed by atoms with E-state index in [1.165, 1.54) is 0 Å². The maximum Gasteiger partial charge on any atom is 0.135 e. The molecule has 1 aromatic heterocycles. The van der Waals surface area contributed by atoms with Crippen LogP contribution in [-0.4, -0.2) is 9.97 Å². The smallest absolute Gasteiger partial charge is 0.135 e. The van der Waals surface area contributed by atoms with Crippen LogP contribution in [-0.2, 0) is 0 Å². The summed E-state index contributed by atoms with van der Waals surface area (Å²) < 4.78 is 0.600. The molecular formula is C9H6N2S. The topological polar surface area (TPSA) is 25.8 Å². The average Bonchev–Trinajstić information content (AvgIpc) is 2.29. The molecule has 3 heteroatoms. The van der Waals surface area contributed by atoms with Gasteiger partial charge >= 0.3 is 0 Å². The Bertz CT molecular complexity index is 468. The van der Waals surface area contributed by atoms with Gasteiger partial charge < -0.3 is 0 Å². The lowest BCUT2D eigenvalue weighted by Gasteiger charge is -1.86. The first-order chi connectivity index (χ1) is 5.88.